The third-order valence-electron chi connectivity index (χ3n) is 4.17. The summed E-state index contributed by atoms with van der Waals surface area (Å²) in [6.07, 6.45) is 1.33. The van der Waals surface area contributed by atoms with Crippen LogP contribution in [0.25, 0.3) is 10.9 Å². The number of H-pyrrole nitrogens is 1. The second-order valence-electron chi connectivity index (χ2n) is 5.97. The smallest absolute Gasteiger partial charge is 0.231 e. The number of fused-ring (bicyclic) bond motifs is 2. The number of hydrogen-bond acceptors (Lipinski definition) is 5. The first kappa shape index (κ1) is 15.8. The molecule has 0 aliphatic carbocycles. The van der Waals surface area contributed by atoms with E-state index in [4.69, 9.17) is 14.2 Å². The molecule has 4 rings (SSSR count). The van der Waals surface area contributed by atoms with Gasteiger partial charge in [0.2, 0.25) is 6.79 Å². The molecule has 1 aliphatic rings. The van der Waals surface area contributed by atoms with Crippen LogP contribution in [0.3, 0.4) is 0 Å². The van der Waals surface area contributed by atoms with Gasteiger partial charge in [-0.25, -0.2) is 0 Å². The van der Waals surface area contributed by atoms with Crippen molar-refractivity contribution in [2.24, 2.45) is 0 Å². The fourth-order valence-electron chi connectivity index (χ4n) is 2.90. The molecule has 6 heteroatoms. The molecule has 6 nitrogen and oxygen atoms in total. The van der Waals surface area contributed by atoms with Crippen LogP contribution < -0.4 is 19.5 Å². The van der Waals surface area contributed by atoms with Gasteiger partial charge in [-0.3, -0.25) is 0 Å². The molecular formula is C19H20N2O4. The number of ether oxygens (including phenoxy) is 3. The van der Waals surface area contributed by atoms with Gasteiger partial charge in [0.05, 0.1) is 0 Å². The molecule has 130 valence electrons. The van der Waals surface area contributed by atoms with Gasteiger partial charge in [-0.2, -0.15) is 0 Å². The SMILES string of the molecule is O[C@H](CNCc1cccc2[nH]ccc12)COc1ccc2c(c1)OCO2. The van der Waals surface area contributed by atoms with Crippen LogP contribution in [0.15, 0.2) is 48.7 Å². The van der Waals surface area contributed by atoms with E-state index in [1.165, 1.54) is 10.9 Å². The quantitative estimate of drug-likeness (QED) is 0.616. The predicted molar refractivity (Wildman–Crippen MR) is 94.1 cm³/mol. The first-order valence-corrected chi connectivity index (χ1v) is 8.26. The molecule has 3 aromatic rings. The first-order chi connectivity index (χ1) is 12.3. The summed E-state index contributed by atoms with van der Waals surface area (Å²) >= 11 is 0. The topological polar surface area (TPSA) is 75.7 Å². The molecule has 25 heavy (non-hydrogen) atoms. The van der Waals surface area contributed by atoms with E-state index in [-0.39, 0.29) is 13.4 Å². The van der Waals surface area contributed by atoms with Crippen molar-refractivity contribution in [1.29, 1.82) is 0 Å². The Bertz CT molecular complexity index is 862. The van der Waals surface area contributed by atoms with Crippen LogP contribution in [-0.2, 0) is 6.54 Å². The van der Waals surface area contributed by atoms with Crippen molar-refractivity contribution in [2.75, 3.05) is 19.9 Å². The minimum atomic E-state index is -0.601. The van der Waals surface area contributed by atoms with E-state index in [9.17, 15) is 5.11 Å². The van der Waals surface area contributed by atoms with E-state index < -0.39 is 6.10 Å². The van der Waals surface area contributed by atoms with Crippen molar-refractivity contribution in [1.82, 2.24) is 10.3 Å². The van der Waals surface area contributed by atoms with E-state index in [2.05, 4.69) is 22.4 Å². The van der Waals surface area contributed by atoms with Crippen LogP contribution in [0.5, 0.6) is 17.2 Å². The standard InChI is InChI=1S/C19H20N2O4/c22-14(11-23-15-4-5-18-19(8-15)25-12-24-18)10-20-9-13-2-1-3-17-16(13)6-7-21-17/h1-8,14,20-22H,9-12H2/t14-/m1/s1. The van der Waals surface area contributed by atoms with Crippen LogP contribution in [0.2, 0.25) is 0 Å². The fraction of sp³-hybridized carbons (Fsp3) is 0.263. The molecule has 1 aromatic heterocycles. The highest BCUT2D eigenvalue weighted by molar-refractivity contribution is 5.82. The summed E-state index contributed by atoms with van der Waals surface area (Å²) in [5.41, 5.74) is 2.31. The van der Waals surface area contributed by atoms with E-state index in [0.717, 1.165) is 5.52 Å². The maximum absolute atomic E-state index is 10.1. The van der Waals surface area contributed by atoms with Gasteiger partial charge in [-0.15, -0.1) is 0 Å². The van der Waals surface area contributed by atoms with Crippen LogP contribution >= 0.6 is 0 Å². The molecule has 0 saturated heterocycles. The van der Waals surface area contributed by atoms with E-state index in [0.29, 0.717) is 30.3 Å². The number of benzene rings is 2. The lowest BCUT2D eigenvalue weighted by molar-refractivity contribution is 0.106. The molecule has 3 N–H and O–H groups in total. The van der Waals surface area contributed by atoms with Gasteiger partial charge in [0.15, 0.2) is 11.5 Å². The summed E-state index contributed by atoms with van der Waals surface area (Å²) in [5, 5.41) is 14.6. The van der Waals surface area contributed by atoms with Gasteiger partial charge in [0.25, 0.3) is 0 Å². The van der Waals surface area contributed by atoms with E-state index in [1.54, 1.807) is 18.2 Å². The number of nitrogens with one attached hydrogen (secondary N) is 2. The molecule has 0 spiro atoms. The molecule has 0 radical (unpaired) electrons. The van der Waals surface area contributed by atoms with Crippen molar-refractivity contribution < 1.29 is 19.3 Å². The number of hydrogen-bond donors (Lipinski definition) is 3. The molecule has 2 aromatic carbocycles. The average molecular weight is 340 g/mol. The summed E-state index contributed by atoms with van der Waals surface area (Å²) < 4.78 is 16.2. The minimum absolute atomic E-state index is 0.209. The Labute approximate surface area is 145 Å². The third-order valence-corrected chi connectivity index (χ3v) is 4.17. The molecule has 0 unspecified atom stereocenters. The molecular weight excluding hydrogens is 320 g/mol. The third kappa shape index (κ3) is 3.55. The number of aromatic nitrogens is 1. The predicted octanol–water partition coefficient (Wildman–Crippen LogP) is 2.43. The summed E-state index contributed by atoms with van der Waals surface area (Å²) in [6.45, 7) is 1.59. The Morgan fingerprint density at radius 2 is 2.08 bits per heavy atom. The maximum atomic E-state index is 10.1. The molecule has 0 bridgehead atoms. The zero-order valence-electron chi connectivity index (χ0n) is 13.7. The zero-order chi connectivity index (χ0) is 17.1. The second-order valence-corrected chi connectivity index (χ2v) is 5.97. The molecule has 1 atom stereocenters. The lowest BCUT2D eigenvalue weighted by Crippen LogP contribution is -2.31. The average Bonchev–Trinajstić information content (AvgIpc) is 3.28. The van der Waals surface area contributed by atoms with Crippen LogP contribution in [0.1, 0.15) is 5.56 Å². The molecule has 0 saturated carbocycles. The summed E-state index contributed by atoms with van der Waals surface area (Å²) in [6, 6.07) is 13.6. The Morgan fingerprint density at radius 3 is 3.04 bits per heavy atom. The van der Waals surface area contributed by atoms with Crippen molar-refractivity contribution in [3.63, 3.8) is 0 Å². The summed E-state index contributed by atoms with van der Waals surface area (Å²) in [4.78, 5) is 3.20. The van der Waals surface area contributed by atoms with Gasteiger partial charge in [0.1, 0.15) is 18.5 Å². The van der Waals surface area contributed by atoms with Crippen LogP contribution in [0, 0.1) is 0 Å². The van der Waals surface area contributed by atoms with Gasteiger partial charge >= 0.3 is 0 Å². The van der Waals surface area contributed by atoms with Crippen LogP contribution in [-0.4, -0.2) is 36.1 Å². The van der Waals surface area contributed by atoms with Crippen molar-refractivity contribution in [3.8, 4) is 17.2 Å². The Balaban J connectivity index is 1.25. The van der Waals surface area contributed by atoms with Gasteiger partial charge in [-0.1, -0.05) is 12.1 Å². The maximum Gasteiger partial charge on any atom is 0.231 e. The van der Waals surface area contributed by atoms with Crippen molar-refractivity contribution in [2.45, 2.75) is 12.6 Å². The van der Waals surface area contributed by atoms with E-state index >= 15 is 0 Å². The Morgan fingerprint density at radius 1 is 1.16 bits per heavy atom. The highest BCUT2D eigenvalue weighted by atomic mass is 16.7. The minimum Gasteiger partial charge on any atom is -0.491 e. The Kier molecular flexibility index (Phi) is 4.45. The molecule has 0 fully saturated rings. The second kappa shape index (κ2) is 7.04. The van der Waals surface area contributed by atoms with Gasteiger partial charge in [-0.05, 0) is 29.8 Å². The highest BCUT2D eigenvalue weighted by Gasteiger charge is 2.14. The molecule has 0 amide bonds. The number of aliphatic hydroxyl groups is 1. The van der Waals surface area contributed by atoms with Gasteiger partial charge < -0.3 is 29.6 Å². The summed E-state index contributed by atoms with van der Waals surface area (Å²) in [5.74, 6) is 2.04. The van der Waals surface area contributed by atoms with Crippen LogP contribution in [0.4, 0.5) is 0 Å². The van der Waals surface area contributed by atoms with Crippen molar-refractivity contribution >= 4 is 10.9 Å². The fourth-order valence-corrected chi connectivity index (χ4v) is 2.90. The summed E-state index contributed by atoms with van der Waals surface area (Å²) in [7, 11) is 0. The molecule has 2 heterocycles. The zero-order valence-corrected chi connectivity index (χ0v) is 13.7. The number of aromatic amines is 1. The van der Waals surface area contributed by atoms with E-state index in [1.807, 2.05) is 18.3 Å². The monoisotopic (exact) mass is 340 g/mol. The Hall–Kier alpha value is -2.70. The lowest BCUT2D eigenvalue weighted by atomic mass is 10.1. The molecule has 1 aliphatic heterocycles. The lowest BCUT2D eigenvalue weighted by Gasteiger charge is -2.14. The highest BCUT2D eigenvalue weighted by Crippen LogP contribution is 2.35. The first-order valence-electron chi connectivity index (χ1n) is 8.26. The number of rotatable bonds is 7. The van der Waals surface area contributed by atoms with Crippen molar-refractivity contribution in [3.05, 3.63) is 54.2 Å². The number of aliphatic hydroxyl groups excluding tert-OH is 1. The normalized spacial score (nSPS) is 14.0. The van der Waals surface area contributed by atoms with Gasteiger partial charge in [0, 0.05) is 36.3 Å². The largest absolute Gasteiger partial charge is 0.491 e.